The van der Waals surface area contributed by atoms with Gasteiger partial charge in [-0.25, -0.2) is 3.94 Å². The lowest BCUT2D eigenvalue weighted by atomic mass is 10.2. The monoisotopic (exact) mass is 475 g/mol. The predicted molar refractivity (Wildman–Crippen MR) is 134 cm³/mol. The number of hydrogen-bond donors (Lipinski definition) is 0. The molecule has 7 nitrogen and oxygen atoms in total. The second-order valence-electron chi connectivity index (χ2n) is 7.70. The van der Waals surface area contributed by atoms with Crippen molar-refractivity contribution in [1.29, 1.82) is 0 Å². The average molecular weight is 475 g/mol. The van der Waals surface area contributed by atoms with Crippen LogP contribution in [0.2, 0.25) is 0 Å². The summed E-state index contributed by atoms with van der Waals surface area (Å²) in [4.78, 5) is 19.1. The minimum absolute atomic E-state index is 0.472. The quantitative estimate of drug-likeness (QED) is 0.164. The van der Waals surface area contributed by atoms with E-state index in [1.54, 1.807) is 24.7 Å². The van der Waals surface area contributed by atoms with Gasteiger partial charge < -0.3 is 12.5 Å². The number of benzene rings is 3. The Balaban J connectivity index is 1.35. The van der Waals surface area contributed by atoms with E-state index in [2.05, 4.69) is 15.0 Å². The van der Waals surface area contributed by atoms with Gasteiger partial charge in [0, 0.05) is 34.7 Å². The van der Waals surface area contributed by atoms with Crippen molar-refractivity contribution in [2.24, 2.45) is 0 Å². The first kappa shape index (κ1) is 21.3. The first-order valence-corrected chi connectivity index (χ1v) is 12.4. The SMILES string of the molecule is c1cnc2c(O[O][Al]([O]c3cccc4cccnc34)[O]c3cccc4cccnc34)cccc2c1. The minimum atomic E-state index is -2.98. The van der Waals surface area contributed by atoms with E-state index < -0.39 is 15.1 Å². The molecule has 3 heterocycles. The highest BCUT2D eigenvalue weighted by atomic mass is 27.3. The third-order valence-corrected chi connectivity index (χ3v) is 6.60. The van der Waals surface area contributed by atoms with Gasteiger partial charge in [0.05, 0.1) is 0 Å². The van der Waals surface area contributed by atoms with Crippen molar-refractivity contribution in [1.82, 2.24) is 15.0 Å². The number of hydrogen-bond acceptors (Lipinski definition) is 7. The van der Waals surface area contributed by atoms with Crippen molar-refractivity contribution in [2.45, 2.75) is 0 Å². The molecule has 0 atom stereocenters. The van der Waals surface area contributed by atoms with Crippen LogP contribution in [0, 0.1) is 0 Å². The molecule has 0 bridgehead atoms. The standard InChI is InChI=1S/C9H7NO2.2C9H7NO.Al/c11-12-8-5-1-3-7-4-2-6-10-9(7)8;2*11-8-5-1-3-7-4-2-6-10-9(7)8;/h1-6,11H;2*1-6,11H;/q;;;+3/p-3. The Bertz CT molecular complexity index is 1550. The molecule has 8 heteroatoms. The first-order chi connectivity index (χ1) is 17.3. The molecule has 168 valence electrons. The van der Waals surface area contributed by atoms with Gasteiger partial charge in [0.2, 0.25) is 0 Å². The topological polar surface area (TPSA) is 75.6 Å². The van der Waals surface area contributed by atoms with Crippen LogP contribution in [0.1, 0.15) is 0 Å². The zero-order valence-corrected chi connectivity index (χ0v) is 19.6. The lowest BCUT2D eigenvalue weighted by molar-refractivity contribution is -0.131. The summed E-state index contributed by atoms with van der Waals surface area (Å²) in [7, 11) is 0. The van der Waals surface area contributed by atoms with Gasteiger partial charge in [-0.1, -0.05) is 54.6 Å². The average Bonchev–Trinajstić information content (AvgIpc) is 2.92. The number of aromatic nitrogens is 3. The second-order valence-corrected chi connectivity index (χ2v) is 8.94. The number of nitrogens with zero attached hydrogens (tertiary/aromatic N) is 3. The molecule has 0 saturated carbocycles. The summed E-state index contributed by atoms with van der Waals surface area (Å²) >= 11 is -2.98. The van der Waals surface area contributed by atoms with Crippen molar-refractivity contribution in [2.75, 3.05) is 0 Å². The molecule has 3 aromatic carbocycles. The zero-order chi connectivity index (χ0) is 23.5. The van der Waals surface area contributed by atoms with Gasteiger partial charge in [-0.3, -0.25) is 15.0 Å². The van der Waals surface area contributed by atoms with Gasteiger partial charge in [-0.15, -0.1) is 0 Å². The molecule has 0 saturated heterocycles. The fraction of sp³-hybridized carbons (Fsp3) is 0. The summed E-state index contributed by atoms with van der Waals surface area (Å²) in [5.74, 6) is 1.57. The van der Waals surface area contributed by atoms with Crippen molar-refractivity contribution >= 4 is 47.9 Å². The van der Waals surface area contributed by atoms with E-state index in [0.717, 1.165) is 16.2 Å². The highest BCUT2D eigenvalue weighted by molar-refractivity contribution is 6.38. The van der Waals surface area contributed by atoms with Crippen LogP contribution in [0.15, 0.2) is 110 Å². The summed E-state index contributed by atoms with van der Waals surface area (Å²) in [6.45, 7) is 0. The molecular weight excluding hydrogens is 457 g/mol. The number of rotatable bonds is 7. The van der Waals surface area contributed by atoms with E-state index >= 15 is 0 Å². The Morgan fingerprint density at radius 3 is 1.34 bits per heavy atom. The second kappa shape index (κ2) is 9.57. The van der Waals surface area contributed by atoms with Crippen molar-refractivity contribution in [3.63, 3.8) is 0 Å². The first-order valence-electron chi connectivity index (χ1n) is 11.0. The fourth-order valence-electron chi connectivity index (χ4n) is 3.85. The maximum atomic E-state index is 6.27. The Morgan fingerprint density at radius 1 is 0.457 bits per heavy atom. The number of pyridine rings is 3. The summed E-state index contributed by atoms with van der Waals surface area (Å²) < 4.78 is 18.4. The molecule has 0 fully saturated rings. The van der Waals surface area contributed by atoms with E-state index in [9.17, 15) is 0 Å². The van der Waals surface area contributed by atoms with Crippen LogP contribution >= 0.6 is 0 Å². The van der Waals surface area contributed by atoms with Crippen LogP contribution < -0.4 is 12.5 Å². The number of para-hydroxylation sites is 3. The third-order valence-electron chi connectivity index (χ3n) is 5.45. The largest absolute Gasteiger partial charge is 1.14 e. The Labute approximate surface area is 205 Å². The van der Waals surface area contributed by atoms with E-state index in [0.29, 0.717) is 33.8 Å². The van der Waals surface area contributed by atoms with Gasteiger partial charge in [-0.2, -0.15) is 0 Å². The Hall–Kier alpha value is -4.22. The Morgan fingerprint density at radius 2 is 0.857 bits per heavy atom. The molecule has 0 radical (unpaired) electrons. The Kier molecular flexibility index (Phi) is 5.83. The third kappa shape index (κ3) is 4.46. The maximum absolute atomic E-state index is 6.27. The van der Waals surface area contributed by atoms with Crippen LogP contribution in [0.3, 0.4) is 0 Å². The predicted octanol–water partition coefficient (Wildman–Crippen LogP) is 5.78. The lowest BCUT2D eigenvalue weighted by Gasteiger charge is -2.17. The van der Waals surface area contributed by atoms with Crippen LogP contribution in [0.25, 0.3) is 32.7 Å². The fourth-order valence-corrected chi connectivity index (χ4v) is 4.95. The molecule has 3 aromatic heterocycles. The van der Waals surface area contributed by atoms with Crippen LogP contribution in [0.4, 0.5) is 0 Å². The normalized spacial score (nSPS) is 11.0. The van der Waals surface area contributed by atoms with E-state index in [4.69, 9.17) is 16.4 Å². The lowest BCUT2D eigenvalue weighted by Crippen LogP contribution is -2.35. The molecule has 0 unspecified atom stereocenters. The molecule has 0 aliphatic carbocycles. The minimum Gasteiger partial charge on any atom is -0.585 e. The summed E-state index contributed by atoms with van der Waals surface area (Å²) in [5, 5.41) is 2.83. The molecule has 0 amide bonds. The van der Waals surface area contributed by atoms with Gasteiger partial charge in [0.25, 0.3) is 0 Å². The van der Waals surface area contributed by atoms with Crippen LogP contribution in [0.5, 0.6) is 17.2 Å². The zero-order valence-electron chi connectivity index (χ0n) is 18.4. The van der Waals surface area contributed by atoms with E-state index in [-0.39, 0.29) is 0 Å². The maximum Gasteiger partial charge on any atom is 1.14 e. The molecule has 0 aliphatic heterocycles. The highest BCUT2D eigenvalue weighted by Gasteiger charge is 2.44. The number of fused-ring (bicyclic) bond motifs is 3. The van der Waals surface area contributed by atoms with E-state index in [1.165, 1.54) is 0 Å². The molecule has 0 aliphatic rings. The van der Waals surface area contributed by atoms with Gasteiger partial charge in [-0.05, 0) is 36.4 Å². The van der Waals surface area contributed by atoms with Crippen molar-refractivity contribution in [3.05, 3.63) is 110 Å². The molecule has 0 spiro atoms. The highest BCUT2D eigenvalue weighted by Crippen LogP contribution is 2.28. The van der Waals surface area contributed by atoms with Gasteiger partial charge in [0.1, 0.15) is 28.0 Å². The van der Waals surface area contributed by atoms with Crippen LogP contribution in [-0.2, 0) is 3.94 Å². The molecule has 6 aromatic rings. The molecule has 0 N–H and O–H groups in total. The van der Waals surface area contributed by atoms with Gasteiger partial charge >= 0.3 is 15.1 Å². The molecule has 6 rings (SSSR count). The van der Waals surface area contributed by atoms with Gasteiger partial charge in [0.15, 0.2) is 5.75 Å². The molecular formula is C27H18AlN3O4. The van der Waals surface area contributed by atoms with E-state index in [1.807, 2.05) is 84.9 Å². The van der Waals surface area contributed by atoms with Crippen molar-refractivity contribution < 1.29 is 16.4 Å². The summed E-state index contributed by atoms with van der Waals surface area (Å²) in [5.41, 5.74) is 2.10. The van der Waals surface area contributed by atoms with Crippen molar-refractivity contribution in [3.8, 4) is 17.2 Å². The van der Waals surface area contributed by atoms with Crippen LogP contribution in [-0.4, -0.2) is 30.1 Å². The summed E-state index contributed by atoms with van der Waals surface area (Å²) in [6.07, 6.45) is 5.15. The summed E-state index contributed by atoms with van der Waals surface area (Å²) in [6, 6.07) is 28.6. The molecule has 35 heavy (non-hydrogen) atoms. The smallest absolute Gasteiger partial charge is 0.585 e.